The van der Waals surface area contributed by atoms with Crippen LogP contribution < -0.4 is 5.32 Å². The number of halogens is 2. The van der Waals surface area contributed by atoms with E-state index < -0.39 is 24.3 Å². The van der Waals surface area contributed by atoms with Gasteiger partial charge in [0.2, 0.25) is 0 Å². The highest BCUT2D eigenvalue weighted by Gasteiger charge is 2.33. The van der Waals surface area contributed by atoms with Gasteiger partial charge in [0.05, 0.1) is 21.2 Å². The van der Waals surface area contributed by atoms with Crippen LogP contribution in [0, 0.1) is 0 Å². The topological polar surface area (TPSA) is 102 Å². The number of carbonyl (C=O) groups is 4. The Morgan fingerprint density at radius 3 is 2.29 bits per heavy atom. The van der Waals surface area contributed by atoms with Crippen molar-refractivity contribution in [1.82, 2.24) is 4.98 Å². The van der Waals surface area contributed by atoms with Gasteiger partial charge in [-0.3, -0.25) is 14.4 Å². The summed E-state index contributed by atoms with van der Waals surface area (Å²) in [5, 5.41) is 2.65. The Hall–Kier alpha value is -3.55. The number of fused-ring (bicyclic) bond motifs is 2. The second-order valence-corrected chi connectivity index (χ2v) is 7.35. The second kappa shape index (κ2) is 8.29. The SMILES string of the molecule is O=C(COC(=O)c1ccc2c(c1Cl)C(=O)c1ccccc1C2=O)Nc1ccc(Cl)cn1. The number of hydrogen-bond donors (Lipinski definition) is 1. The number of carbonyl (C=O) groups excluding carboxylic acids is 4. The van der Waals surface area contributed by atoms with E-state index in [-0.39, 0.29) is 44.4 Å². The maximum atomic E-state index is 12.9. The molecule has 0 unspecified atom stereocenters. The monoisotopic (exact) mass is 454 g/mol. The molecule has 0 bridgehead atoms. The molecule has 0 fully saturated rings. The van der Waals surface area contributed by atoms with Gasteiger partial charge in [-0.2, -0.15) is 0 Å². The Kier molecular flexibility index (Phi) is 5.54. The number of benzene rings is 2. The number of nitrogens with one attached hydrogen (secondary N) is 1. The van der Waals surface area contributed by atoms with Crippen LogP contribution in [0.15, 0.2) is 54.7 Å². The first-order chi connectivity index (χ1) is 14.9. The molecule has 1 aliphatic rings. The number of rotatable bonds is 4. The molecule has 31 heavy (non-hydrogen) atoms. The lowest BCUT2D eigenvalue weighted by molar-refractivity contribution is -0.119. The van der Waals surface area contributed by atoms with E-state index in [4.69, 9.17) is 27.9 Å². The van der Waals surface area contributed by atoms with Crippen molar-refractivity contribution in [3.63, 3.8) is 0 Å². The number of ketones is 2. The first kappa shape index (κ1) is 20.7. The smallest absolute Gasteiger partial charge is 0.340 e. The summed E-state index contributed by atoms with van der Waals surface area (Å²) in [5.74, 6) is -2.12. The van der Waals surface area contributed by atoms with E-state index in [0.29, 0.717) is 5.02 Å². The third-order valence-electron chi connectivity index (χ3n) is 4.58. The van der Waals surface area contributed by atoms with Crippen molar-refractivity contribution in [3.05, 3.63) is 92.6 Å². The Balaban J connectivity index is 1.52. The minimum atomic E-state index is -0.911. The quantitative estimate of drug-likeness (QED) is 0.468. The van der Waals surface area contributed by atoms with E-state index in [1.807, 2.05) is 0 Å². The number of amides is 1. The summed E-state index contributed by atoms with van der Waals surface area (Å²) in [6.45, 7) is -0.605. The fraction of sp³-hybridized carbons (Fsp3) is 0.0455. The molecule has 1 heterocycles. The molecule has 1 amide bonds. The minimum Gasteiger partial charge on any atom is -0.452 e. The van der Waals surface area contributed by atoms with Crippen molar-refractivity contribution < 1.29 is 23.9 Å². The third-order valence-corrected chi connectivity index (χ3v) is 5.20. The Morgan fingerprint density at radius 2 is 1.61 bits per heavy atom. The molecule has 0 saturated carbocycles. The van der Waals surface area contributed by atoms with Crippen molar-refractivity contribution in [2.75, 3.05) is 11.9 Å². The lowest BCUT2D eigenvalue weighted by Gasteiger charge is -2.19. The van der Waals surface area contributed by atoms with Crippen molar-refractivity contribution >= 4 is 52.5 Å². The summed E-state index contributed by atoms with van der Waals surface area (Å²) in [7, 11) is 0. The van der Waals surface area contributed by atoms with Crippen LogP contribution in [-0.2, 0) is 9.53 Å². The summed E-state index contributed by atoms with van der Waals surface area (Å²) < 4.78 is 5.00. The molecule has 4 rings (SSSR count). The van der Waals surface area contributed by atoms with E-state index in [1.54, 1.807) is 24.3 Å². The molecular weight excluding hydrogens is 443 g/mol. The van der Waals surface area contributed by atoms with E-state index in [0.717, 1.165) is 0 Å². The average molecular weight is 455 g/mol. The molecule has 1 aromatic heterocycles. The van der Waals surface area contributed by atoms with Crippen LogP contribution in [0.1, 0.15) is 42.2 Å². The molecule has 0 radical (unpaired) electrons. The Bertz CT molecular complexity index is 1260. The lowest BCUT2D eigenvalue weighted by Crippen LogP contribution is -2.24. The summed E-state index contributed by atoms with van der Waals surface area (Å²) in [5.41, 5.74) is 0.408. The first-order valence-corrected chi connectivity index (χ1v) is 9.72. The molecule has 154 valence electrons. The molecule has 1 aliphatic carbocycles. The molecule has 0 spiro atoms. The predicted octanol–water partition coefficient (Wildman–Crippen LogP) is 3.96. The number of pyridine rings is 1. The Morgan fingerprint density at radius 1 is 0.903 bits per heavy atom. The van der Waals surface area contributed by atoms with Crippen molar-refractivity contribution in [3.8, 4) is 0 Å². The van der Waals surface area contributed by atoms with Crippen LogP contribution in [0.2, 0.25) is 10.0 Å². The van der Waals surface area contributed by atoms with Gasteiger partial charge in [0.15, 0.2) is 18.2 Å². The van der Waals surface area contributed by atoms with E-state index in [2.05, 4.69) is 10.3 Å². The van der Waals surface area contributed by atoms with Gasteiger partial charge < -0.3 is 10.1 Å². The van der Waals surface area contributed by atoms with Crippen LogP contribution in [0.25, 0.3) is 0 Å². The maximum absolute atomic E-state index is 12.9. The zero-order valence-corrected chi connectivity index (χ0v) is 17.2. The van der Waals surface area contributed by atoms with Crippen LogP contribution in [0.4, 0.5) is 5.82 Å². The summed E-state index contributed by atoms with van der Waals surface area (Å²) >= 11 is 12.0. The summed E-state index contributed by atoms with van der Waals surface area (Å²) in [4.78, 5) is 53.9. The van der Waals surface area contributed by atoms with Crippen LogP contribution in [0.3, 0.4) is 0 Å². The van der Waals surface area contributed by atoms with Gasteiger partial charge in [-0.05, 0) is 24.3 Å². The third kappa shape index (κ3) is 3.93. The van der Waals surface area contributed by atoms with Gasteiger partial charge in [-0.25, -0.2) is 9.78 Å². The molecule has 3 aromatic rings. The lowest BCUT2D eigenvalue weighted by atomic mass is 9.83. The molecule has 7 nitrogen and oxygen atoms in total. The number of anilines is 1. The van der Waals surface area contributed by atoms with Gasteiger partial charge in [-0.1, -0.05) is 47.5 Å². The highest BCUT2D eigenvalue weighted by Crippen LogP contribution is 2.34. The maximum Gasteiger partial charge on any atom is 0.340 e. The number of ether oxygens (including phenoxy) is 1. The second-order valence-electron chi connectivity index (χ2n) is 6.54. The van der Waals surface area contributed by atoms with E-state index in [1.165, 1.54) is 30.5 Å². The number of aromatic nitrogens is 1. The normalized spacial score (nSPS) is 12.1. The predicted molar refractivity (Wildman–Crippen MR) is 113 cm³/mol. The Labute approximate surface area is 186 Å². The highest BCUT2D eigenvalue weighted by molar-refractivity contribution is 6.41. The molecular formula is C22H12Cl2N2O5. The zero-order chi connectivity index (χ0) is 22.1. The van der Waals surface area contributed by atoms with Gasteiger partial charge in [0, 0.05) is 22.9 Å². The van der Waals surface area contributed by atoms with Gasteiger partial charge >= 0.3 is 5.97 Å². The van der Waals surface area contributed by atoms with Gasteiger partial charge in [-0.15, -0.1) is 0 Å². The first-order valence-electron chi connectivity index (χ1n) is 8.96. The van der Waals surface area contributed by atoms with E-state index in [9.17, 15) is 19.2 Å². The molecule has 0 saturated heterocycles. The summed E-state index contributed by atoms with van der Waals surface area (Å²) in [6, 6.07) is 12.1. The molecule has 9 heteroatoms. The van der Waals surface area contributed by atoms with Crippen molar-refractivity contribution in [1.29, 1.82) is 0 Å². The number of esters is 1. The molecule has 1 N–H and O–H groups in total. The molecule has 0 atom stereocenters. The molecule has 0 aliphatic heterocycles. The van der Waals surface area contributed by atoms with Crippen LogP contribution in [0.5, 0.6) is 0 Å². The standard InChI is InChI=1S/C22H12Cl2N2O5/c23-11-5-8-16(25-9-11)26-17(27)10-31-22(30)15-7-6-14-18(19(15)24)21(29)13-4-2-1-3-12(13)20(14)28/h1-9H,10H2,(H,25,26,27). The fourth-order valence-electron chi connectivity index (χ4n) is 3.14. The fourth-order valence-corrected chi connectivity index (χ4v) is 3.58. The van der Waals surface area contributed by atoms with Crippen molar-refractivity contribution in [2.24, 2.45) is 0 Å². The van der Waals surface area contributed by atoms with Crippen LogP contribution in [-0.4, -0.2) is 35.0 Å². The minimum absolute atomic E-state index is 0.0605. The molecule has 2 aromatic carbocycles. The average Bonchev–Trinajstić information content (AvgIpc) is 2.77. The van der Waals surface area contributed by atoms with Gasteiger partial charge in [0.1, 0.15) is 5.82 Å². The van der Waals surface area contributed by atoms with E-state index >= 15 is 0 Å². The van der Waals surface area contributed by atoms with Crippen LogP contribution >= 0.6 is 23.2 Å². The number of nitrogens with zero attached hydrogens (tertiary/aromatic N) is 1. The highest BCUT2D eigenvalue weighted by atomic mass is 35.5. The zero-order valence-electron chi connectivity index (χ0n) is 15.6. The van der Waals surface area contributed by atoms with Crippen molar-refractivity contribution in [2.45, 2.75) is 0 Å². The van der Waals surface area contributed by atoms with Gasteiger partial charge in [0.25, 0.3) is 5.91 Å². The number of hydrogen-bond acceptors (Lipinski definition) is 6. The largest absolute Gasteiger partial charge is 0.452 e. The summed E-state index contributed by atoms with van der Waals surface area (Å²) in [6.07, 6.45) is 1.35.